The van der Waals surface area contributed by atoms with Gasteiger partial charge in [-0.25, -0.2) is 9.37 Å². The van der Waals surface area contributed by atoms with Crippen LogP contribution in [0.15, 0.2) is 30.7 Å². The third-order valence-corrected chi connectivity index (χ3v) is 2.86. The monoisotopic (exact) mass is 263 g/mol. The molecule has 2 aromatic rings. The number of aromatic nitrogens is 2. The van der Waals surface area contributed by atoms with Gasteiger partial charge in [0, 0.05) is 29.8 Å². The molecule has 0 atom stereocenters. The molecule has 0 aliphatic rings. The van der Waals surface area contributed by atoms with Gasteiger partial charge in [0.15, 0.2) is 0 Å². The van der Waals surface area contributed by atoms with Gasteiger partial charge in [-0.2, -0.15) is 5.26 Å². The van der Waals surface area contributed by atoms with E-state index < -0.39 is 0 Å². The van der Waals surface area contributed by atoms with Crippen molar-refractivity contribution in [3.05, 3.63) is 53.4 Å². The predicted octanol–water partition coefficient (Wildman–Crippen LogP) is 2.72. The maximum absolute atomic E-state index is 13.7. The van der Waals surface area contributed by atoms with Crippen molar-refractivity contribution in [2.24, 2.45) is 0 Å². The molecule has 1 aromatic carbocycles. The second-order valence-electron chi connectivity index (χ2n) is 3.87. The fraction of sp³-hybridized carbons (Fsp3) is 0.231. The SMILES string of the molecule is N#Cc1ccc(Cn2cncc2CCCl)c(F)c1. The van der Waals surface area contributed by atoms with Crippen LogP contribution in [0.2, 0.25) is 0 Å². The number of nitriles is 1. The van der Waals surface area contributed by atoms with E-state index in [1.165, 1.54) is 6.07 Å². The van der Waals surface area contributed by atoms with Crippen LogP contribution >= 0.6 is 11.6 Å². The van der Waals surface area contributed by atoms with E-state index in [4.69, 9.17) is 16.9 Å². The topological polar surface area (TPSA) is 41.6 Å². The summed E-state index contributed by atoms with van der Waals surface area (Å²) in [6.45, 7) is 0.393. The highest BCUT2D eigenvalue weighted by Crippen LogP contribution is 2.13. The van der Waals surface area contributed by atoms with Crippen molar-refractivity contribution in [1.82, 2.24) is 9.55 Å². The first-order valence-electron chi connectivity index (χ1n) is 5.48. The highest BCUT2D eigenvalue weighted by molar-refractivity contribution is 6.17. The zero-order valence-corrected chi connectivity index (χ0v) is 10.4. The van der Waals surface area contributed by atoms with Gasteiger partial charge in [0.1, 0.15) is 5.82 Å². The lowest BCUT2D eigenvalue weighted by Crippen LogP contribution is -2.05. The molecule has 0 unspecified atom stereocenters. The Bertz CT molecular complexity index is 586. The lowest BCUT2D eigenvalue weighted by Gasteiger charge is -2.08. The van der Waals surface area contributed by atoms with Gasteiger partial charge in [-0.05, 0) is 12.1 Å². The fourth-order valence-corrected chi connectivity index (χ4v) is 1.92. The summed E-state index contributed by atoms with van der Waals surface area (Å²) in [5.74, 6) is 0.126. The van der Waals surface area contributed by atoms with Crippen molar-refractivity contribution in [3.63, 3.8) is 0 Å². The van der Waals surface area contributed by atoms with E-state index >= 15 is 0 Å². The molecule has 18 heavy (non-hydrogen) atoms. The molecule has 0 fully saturated rings. The van der Waals surface area contributed by atoms with E-state index in [2.05, 4.69) is 4.98 Å². The smallest absolute Gasteiger partial charge is 0.129 e. The summed E-state index contributed by atoms with van der Waals surface area (Å²) in [6, 6.07) is 6.38. The van der Waals surface area contributed by atoms with Crippen LogP contribution in [0.4, 0.5) is 4.39 Å². The van der Waals surface area contributed by atoms with Crippen molar-refractivity contribution < 1.29 is 4.39 Å². The quantitative estimate of drug-likeness (QED) is 0.796. The molecule has 92 valence electrons. The Balaban J connectivity index is 2.23. The van der Waals surface area contributed by atoms with Crippen LogP contribution in [-0.2, 0) is 13.0 Å². The molecule has 0 bridgehead atoms. The number of rotatable bonds is 4. The highest BCUT2D eigenvalue weighted by atomic mass is 35.5. The standard InChI is InChI=1S/C13H11ClFN3/c14-4-3-12-7-17-9-18(12)8-11-2-1-10(6-16)5-13(11)15/h1-2,5,7,9H,3-4,8H2. The highest BCUT2D eigenvalue weighted by Gasteiger charge is 2.07. The number of benzene rings is 1. The number of halogens is 2. The second kappa shape index (κ2) is 5.65. The molecule has 0 saturated carbocycles. The Labute approximate surface area is 109 Å². The van der Waals surface area contributed by atoms with Gasteiger partial charge in [0.25, 0.3) is 0 Å². The lowest BCUT2D eigenvalue weighted by molar-refractivity contribution is 0.595. The van der Waals surface area contributed by atoms with E-state index in [-0.39, 0.29) is 5.82 Å². The van der Waals surface area contributed by atoms with E-state index in [1.54, 1.807) is 24.7 Å². The summed E-state index contributed by atoms with van der Waals surface area (Å²) < 4.78 is 15.6. The maximum Gasteiger partial charge on any atom is 0.129 e. The van der Waals surface area contributed by atoms with Gasteiger partial charge in [-0.1, -0.05) is 6.07 Å². The molecule has 0 saturated heterocycles. The fourth-order valence-electron chi connectivity index (χ4n) is 1.72. The van der Waals surface area contributed by atoms with E-state index in [0.717, 1.165) is 5.69 Å². The molecule has 3 nitrogen and oxygen atoms in total. The number of aryl methyl sites for hydroxylation is 1. The molecular formula is C13H11ClFN3. The molecule has 0 radical (unpaired) electrons. The van der Waals surface area contributed by atoms with Gasteiger partial charge >= 0.3 is 0 Å². The van der Waals surface area contributed by atoms with Gasteiger partial charge in [-0.15, -0.1) is 11.6 Å². The Morgan fingerprint density at radius 3 is 2.94 bits per heavy atom. The first-order valence-corrected chi connectivity index (χ1v) is 6.01. The van der Waals surface area contributed by atoms with Crippen LogP contribution in [0.1, 0.15) is 16.8 Å². The maximum atomic E-state index is 13.7. The number of alkyl halides is 1. The zero-order chi connectivity index (χ0) is 13.0. The number of hydrogen-bond acceptors (Lipinski definition) is 2. The first-order chi connectivity index (χ1) is 8.74. The van der Waals surface area contributed by atoms with Crippen molar-refractivity contribution in [3.8, 4) is 6.07 Å². The van der Waals surface area contributed by atoms with Crippen LogP contribution < -0.4 is 0 Å². The summed E-state index contributed by atoms with van der Waals surface area (Å²) in [4.78, 5) is 4.03. The minimum atomic E-state index is -0.375. The molecule has 0 amide bonds. The van der Waals surface area contributed by atoms with Crippen LogP contribution in [0.3, 0.4) is 0 Å². The largest absolute Gasteiger partial charge is 0.330 e. The molecule has 0 aliphatic carbocycles. The van der Waals surface area contributed by atoms with Crippen molar-refractivity contribution in [2.45, 2.75) is 13.0 Å². The summed E-state index contributed by atoms with van der Waals surface area (Å²) in [5.41, 5.74) is 1.82. The molecule has 0 aliphatic heterocycles. The van der Waals surface area contributed by atoms with Crippen LogP contribution in [-0.4, -0.2) is 15.4 Å². The minimum absolute atomic E-state index is 0.322. The van der Waals surface area contributed by atoms with Crippen molar-refractivity contribution in [1.29, 1.82) is 5.26 Å². The molecule has 0 N–H and O–H groups in total. The summed E-state index contributed by atoms with van der Waals surface area (Å²) in [6.07, 6.45) is 4.07. The normalized spacial score (nSPS) is 10.3. The third kappa shape index (κ3) is 2.69. The minimum Gasteiger partial charge on any atom is -0.330 e. The Kier molecular flexibility index (Phi) is 3.96. The summed E-state index contributed by atoms with van der Waals surface area (Å²) in [5, 5.41) is 8.68. The van der Waals surface area contributed by atoms with Crippen LogP contribution in [0, 0.1) is 17.1 Å². The molecule has 1 aromatic heterocycles. The average Bonchev–Trinajstić information content (AvgIpc) is 2.80. The number of hydrogen-bond donors (Lipinski definition) is 0. The van der Waals surface area contributed by atoms with Gasteiger partial charge in [-0.3, -0.25) is 0 Å². The predicted molar refractivity (Wildman–Crippen MR) is 66.9 cm³/mol. The van der Waals surface area contributed by atoms with Crippen molar-refractivity contribution >= 4 is 11.6 Å². The number of imidazole rings is 1. The number of nitrogens with zero attached hydrogens (tertiary/aromatic N) is 3. The van der Waals surface area contributed by atoms with Crippen molar-refractivity contribution in [2.75, 3.05) is 5.88 Å². The van der Waals surface area contributed by atoms with Gasteiger partial charge in [0.05, 0.1) is 24.5 Å². The van der Waals surface area contributed by atoms with Crippen LogP contribution in [0.5, 0.6) is 0 Å². The van der Waals surface area contributed by atoms with Gasteiger partial charge in [0.2, 0.25) is 0 Å². The van der Waals surface area contributed by atoms with Crippen LogP contribution in [0.25, 0.3) is 0 Å². The lowest BCUT2D eigenvalue weighted by atomic mass is 10.1. The first kappa shape index (κ1) is 12.6. The molecule has 1 heterocycles. The Morgan fingerprint density at radius 2 is 2.28 bits per heavy atom. The molecule has 2 rings (SSSR count). The molecule has 0 spiro atoms. The summed E-state index contributed by atoms with van der Waals surface area (Å²) >= 11 is 5.69. The Morgan fingerprint density at radius 1 is 1.44 bits per heavy atom. The zero-order valence-electron chi connectivity index (χ0n) is 9.61. The molecule has 5 heteroatoms. The van der Waals surface area contributed by atoms with Gasteiger partial charge < -0.3 is 4.57 Å². The van der Waals surface area contributed by atoms with E-state index in [1.807, 2.05) is 10.6 Å². The average molecular weight is 264 g/mol. The second-order valence-corrected chi connectivity index (χ2v) is 4.25. The van der Waals surface area contributed by atoms with E-state index in [9.17, 15) is 4.39 Å². The summed E-state index contributed by atoms with van der Waals surface area (Å²) in [7, 11) is 0. The molecular weight excluding hydrogens is 253 g/mol. The third-order valence-electron chi connectivity index (χ3n) is 2.67. The Hall–Kier alpha value is -1.86. The van der Waals surface area contributed by atoms with E-state index in [0.29, 0.717) is 30.0 Å².